The van der Waals surface area contributed by atoms with Gasteiger partial charge in [-0.2, -0.15) is 0 Å². The number of carbonyl (C=O) groups excluding carboxylic acids is 1. The molecule has 5 nitrogen and oxygen atoms in total. The lowest BCUT2D eigenvalue weighted by Gasteiger charge is -2.21. The van der Waals surface area contributed by atoms with Crippen molar-refractivity contribution < 1.29 is 20.1 Å². The molecule has 1 amide bonds. The summed E-state index contributed by atoms with van der Waals surface area (Å²) in [6.07, 6.45) is 57.6. The van der Waals surface area contributed by atoms with Gasteiger partial charge in [0.25, 0.3) is 0 Å². The minimum Gasteiger partial charge on any atom is -0.394 e. The van der Waals surface area contributed by atoms with Crippen molar-refractivity contribution in [3.05, 3.63) is 36.5 Å². The molecule has 0 aliphatic heterocycles. The van der Waals surface area contributed by atoms with Gasteiger partial charge in [0.1, 0.15) is 6.10 Å². The van der Waals surface area contributed by atoms with Crippen LogP contribution in [0.15, 0.2) is 36.5 Å². The predicted molar refractivity (Wildman–Crippen MR) is 241 cm³/mol. The minimum absolute atomic E-state index is 0.362. The highest BCUT2D eigenvalue weighted by molar-refractivity contribution is 5.80. The lowest BCUT2D eigenvalue weighted by Crippen LogP contribution is -2.48. The van der Waals surface area contributed by atoms with Gasteiger partial charge in [-0.25, -0.2) is 0 Å². The van der Waals surface area contributed by atoms with Crippen LogP contribution >= 0.6 is 0 Å². The molecule has 4 N–H and O–H groups in total. The second-order valence-corrected chi connectivity index (χ2v) is 16.6. The molecule has 5 heteroatoms. The summed E-state index contributed by atoms with van der Waals surface area (Å²) >= 11 is 0. The van der Waals surface area contributed by atoms with Crippen LogP contribution in [0.1, 0.15) is 251 Å². The van der Waals surface area contributed by atoms with Gasteiger partial charge in [-0.15, -0.1) is 0 Å². The topological polar surface area (TPSA) is 89.8 Å². The van der Waals surface area contributed by atoms with Crippen molar-refractivity contribution in [3.8, 4) is 0 Å². The van der Waals surface area contributed by atoms with E-state index in [1.54, 1.807) is 6.08 Å². The molecule has 0 aromatic rings. The summed E-state index contributed by atoms with van der Waals surface area (Å²) in [6, 6.07) is -0.797. The zero-order chi connectivity index (χ0) is 40.1. The van der Waals surface area contributed by atoms with Crippen molar-refractivity contribution in [2.45, 2.75) is 270 Å². The maximum atomic E-state index is 12.5. The Hall–Kier alpha value is -1.43. The summed E-state index contributed by atoms with van der Waals surface area (Å²) < 4.78 is 0. The molecule has 0 bridgehead atoms. The first kappa shape index (κ1) is 53.6. The number of rotatable bonds is 44. The van der Waals surface area contributed by atoms with Gasteiger partial charge >= 0.3 is 0 Å². The van der Waals surface area contributed by atoms with Crippen LogP contribution in [0.3, 0.4) is 0 Å². The number of aliphatic hydroxyl groups is 3. The molecule has 0 aromatic carbocycles. The fourth-order valence-corrected chi connectivity index (χ4v) is 7.46. The van der Waals surface area contributed by atoms with Gasteiger partial charge in [-0.3, -0.25) is 4.79 Å². The highest BCUT2D eigenvalue weighted by Gasteiger charge is 2.22. The Kier molecular flexibility index (Phi) is 44.1. The minimum atomic E-state index is -1.10. The highest BCUT2D eigenvalue weighted by Crippen LogP contribution is 2.16. The fraction of sp³-hybridized carbons (Fsp3) is 0.860. The molecule has 0 saturated carbocycles. The number of amides is 1. The molecule has 0 spiro atoms. The largest absolute Gasteiger partial charge is 0.394 e. The van der Waals surface area contributed by atoms with Crippen molar-refractivity contribution in [1.82, 2.24) is 5.32 Å². The lowest BCUT2D eigenvalue weighted by molar-refractivity contribution is -0.131. The molecule has 0 aliphatic carbocycles. The van der Waals surface area contributed by atoms with E-state index in [1.165, 1.54) is 186 Å². The Balaban J connectivity index is 3.62. The zero-order valence-corrected chi connectivity index (χ0v) is 36.8. The predicted octanol–water partition coefficient (Wildman–Crippen LogP) is 14.3. The van der Waals surface area contributed by atoms with Crippen LogP contribution in [0.5, 0.6) is 0 Å². The SMILES string of the molecule is CC/C=C\C/C=C\CCCCCCCCCCCCCCCC(O)C(=O)NC(CO)C(O)/C=C/CCCCCCCCCCCCCCCCCCCCC. The van der Waals surface area contributed by atoms with E-state index in [2.05, 4.69) is 43.5 Å². The third-order valence-corrected chi connectivity index (χ3v) is 11.2. The molecule has 0 rings (SSSR count). The molecular weight excluding hydrogens is 679 g/mol. The van der Waals surface area contributed by atoms with Gasteiger partial charge in [-0.05, 0) is 44.9 Å². The Bertz CT molecular complexity index is 855. The smallest absolute Gasteiger partial charge is 0.249 e. The van der Waals surface area contributed by atoms with Crippen LogP contribution in [-0.4, -0.2) is 46.1 Å². The summed E-state index contributed by atoms with van der Waals surface area (Å²) in [7, 11) is 0. The zero-order valence-electron chi connectivity index (χ0n) is 36.8. The number of allylic oxidation sites excluding steroid dienone is 5. The van der Waals surface area contributed by atoms with E-state index < -0.39 is 24.2 Å². The van der Waals surface area contributed by atoms with E-state index in [1.807, 2.05) is 6.08 Å². The molecule has 0 fully saturated rings. The lowest BCUT2D eigenvalue weighted by atomic mass is 10.0. The van der Waals surface area contributed by atoms with Gasteiger partial charge in [0.2, 0.25) is 5.91 Å². The van der Waals surface area contributed by atoms with Crippen molar-refractivity contribution in [1.29, 1.82) is 0 Å². The third-order valence-electron chi connectivity index (χ3n) is 11.2. The molecular formula is C50H95NO4. The summed E-state index contributed by atoms with van der Waals surface area (Å²) in [6.45, 7) is 4.10. The molecule has 0 heterocycles. The third kappa shape index (κ3) is 40.6. The monoisotopic (exact) mass is 774 g/mol. The summed E-state index contributed by atoms with van der Waals surface area (Å²) in [5.74, 6) is -0.502. The van der Waals surface area contributed by atoms with Crippen LogP contribution in [0.25, 0.3) is 0 Å². The number of hydrogen-bond acceptors (Lipinski definition) is 4. The van der Waals surface area contributed by atoms with Crippen molar-refractivity contribution in [2.24, 2.45) is 0 Å². The first-order valence-electron chi connectivity index (χ1n) is 24.3. The molecule has 324 valence electrons. The van der Waals surface area contributed by atoms with Crippen LogP contribution in [-0.2, 0) is 4.79 Å². The summed E-state index contributed by atoms with van der Waals surface area (Å²) in [5.41, 5.74) is 0. The number of aliphatic hydroxyl groups excluding tert-OH is 3. The molecule has 0 aliphatic rings. The molecule has 3 atom stereocenters. The quantitative estimate of drug-likeness (QED) is 0.0367. The standard InChI is InChI=1S/C50H95NO4/c1-3-5-7-9-11-13-15-17-19-21-23-25-27-28-30-32-34-36-38-40-42-44-48(53)47(46-52)51-50(55)49(54)45-43-41-39-37-35-33-31-29-26-24-22-20-18-16-14-12-10-8-6-4-2/h6,8,12,14,42,44,47-49,52-54H,3-5,7,9-11,13,15-41,43,45-46H2,1-2H3,(H,51,55)/b8-6-,14-12-,44-42+. The van der Waals surface area contributed by atoms with Gasteiger partial charge in [0, 0.05) is 0 Å². The van der Waals surface area contributed by atoms with E-state index in [-0.39, 0.29) is 6.61 Å². The van der Waals surface area contributed by atoms with Crippen molar-refractivity contribution in [2.75, 3.05) is 6.61 Å². The van der Waals surface area contributed by atoms with E-state index in [0.29, 0.717) is 6.42 Å². The molecule has 3 unspecified atom stereocenters. The van der Waals surface area contributed by atoms with E-state index >= 15 is 0 Å². The second-order valence-electron chi connectivity index (χ2n) is 16.6. The van der Waals surface area contributed by atoms with Crippen LogP contribution in [0.2, 0.25) is 0 Å². The van der Waals surface area contributed by atoms with Gasteiger partial charge in [-0.1, -0.05) is 243 Å². The number of hydrogen-bond donors (Lipinski definition) is 4. The van der Waals surface area contributed by atoms with Crippen molar-refractivity contribution in [3.63, 3.8) is 0 Å². The second kappa shape index (κ2) is 45.3. The van der Waals surface area contributed by atoms with Crippen LogP contribution in [0.4, 0.5) is 0 Å². The van der Waals surface area contributed by atoms with Gasteiger partial charge in [0.05, 0.1) is 18.8 Å². The van der Waals surface area contributed by atoms with E-state index in [4.69, 9.17) is 0 Å². The Morgan fingerprint density at radius 2 is 0.836 bits per heavy atom. The molecule has 55 heavy (non-hydrogen) atoms. The molecule has 0 saturated heterocycles. The maximum Gasteiger partial charge on any atom is 0.249 e. The normalized spacial score (nSPS) is 13.8. The average Bonchev–Trinajstić information content (AvgIpc) is 3.19. The van der Waals surface area contributed by atoms with E-state index in [0.717, 1.165) is 44.9 Å². The van der Waals surface area contributed by atoms with Crippen LogP contribution < -0.4 is 5.32 Å². The highest BCUT2D eigenvalue weighted by atomic mass is 16.3. The van der Waals surface area contributed by atoms with Gasteiger partial charge in [0.15, 0.2) is 0 Å². The molecule has 0 aromatic heterocycles. The Morgan fingerprint density at radius 3 is 1.24 bits per heavy atom. The average molecular weight is 774 g/mol. The number of nitrogens with one attached hydrogen (secondary N) is 1. The first-order chi connectivity index (χ1) is 27.1. The Morgan fingerprint density at radius 1 is 0.473 bits per heavy atom. The number of unbranched alkanes of at least 4 members (excludes halogenated alkanes) is 32. The van der Waals surface area contributed by atoms with Crippen LogP contribution in [0, 0.1) is 0 Å². The maximum absolute atomic E-state index is 12.5. The van der Waals surface area contributed by atoms with Gasteiger partial charge < -0.3 is 20.6 Å². The number of carbonyl (C=O) groups is 1. The first-order valence-corrected chi connectivity index (χ1v) is 24.3. The van der Waals surface area contributed by atoms with E-state index in [9.17, 15) is 20.1 Å². The fourth-order valence-electron chi connectivity index (χ4n) is 7.46. The summed E-state index contributed by atoms with van der Waals surface area (Å²) in [5, 5.41) is 33.3. The molecule has 0 radical (unpaired) electrons. The summed E-state index contributed by atoms with van der Waals surface area (Å²) in [4.78, 5) is 12.5. The van der Waals surface area contributed by atoms with Crippen molar-refractivity contribution >= 4 is 5.91 Å². The Labute approximate surface area is 343 Å².